The summed E-state index contributed by atoms with van der Waals surface area (Å²) in [4.78, 5) is 12.3. The molecule has 1 N–H and O–H groups in total. The average Bonchev–Trinajstić information content (AvgIpc) is 3.09. The highest BCUT2D eigenvalue weighted by molar-refractivity contribution is 6.01. The molecule has 2 aromatic carbocycles. The van der Waals surface area contributed by atoms with Crippen molar-refractivity contribution in [3.05, 3.63) is 59.9 Å². The molecule has 0 atom stereocenters. The highest BCUT2D eigenvalue weighted by Gasteiger charge is 2.11. The maximum absolute atomic E-state index is 12.3. The number of carbonyl (C=O) groups excluding carboxylic acids is 1. The van der Waals surface area contributed by atoms with Crippen molar-refractivity contribution in [3.63, 3.8) is 0 Å². The Hall–Kier alpha value is -3.28. The minimum atomic E-state index is -0.351. The lowest BCUT2D eigenvalue weighted by Gasteiger charge is -2.08. The molecule has 1 heterocycles. The van der Waals surface area contributed by atoms with Crippen LogP contribution in [0.5, 0.6) is 11.5 Å². The van der Waals surface area contributed by atoms with Crippen molar-refractivity contribution in [2.75, 3.05) is 14.2 Å². The molecule has 0 fully saturated rings. The molecule has 0 bridgehead atoms. The van der Waals surface area contributed by atoms with Crippen LogP contribution in [-0.4, -0.2) is 25.8 Å². The minimum absolute atomic E-state index is 0.351. The number of nitrogens with one attached hydrogen (secondary N) is 1. The summed E-state index contributed by atoms with van der Waals surface area (Å²) in [6.45, 7) is 1.77. The first-order valence-corrected chi connectivity index (χ1v) is 7.68. The lowest BCUT2D eigenvalue weighted by Crippen LogP contribution is -2.19. The average molecular weight is 338 g/mol. The summed E-state index contributed by atoms with van der Waals surface area (Å²) in [5.74, 6) is 1.29. The Kier molecular flexibility index (Phi) is 4.70. The Morgan fingerprint density at radius 1 is 1.04 bits per heavy atom. The summed E-state index contributed by atoms with van der Waals surface area (Å²) >= 11 is 0. The van der Waals surface area contributed by atoms with Crippen LogP contribution in [0.15, 0.2) is 58.0 Å². The van der Waals surface area contributed by atoms with Crippen molar-refractivity contribution in [1.82, 2.24) is 5.43 Å². The number of benzene rings is 2. The Morgan fingerprint density at radius 2 is 1.80 bits per heavy atom. The van der Waals surface area contributed by atoms with Gasteiger partial charge in [-0.3, -0.25) is 4.79 Å². The Labute approximate surface area is 145 Å². The first kappa shape index (κ1) is 16.6. The molecule has 6 nitrogen and oxygen atoms in total. The summed E-state index contributed by atoms with van der Waals surface area (Å²) < 4.78 is 16.1. The number of nitrogens with zero attached hydrogens (tertiary/aromatic N) is 1. The van der Waals surface area contributed by atoms with Gasteiger partial charge in [0.05, 0.1) is 14.2 Å². The van der Waals surface area contributed by atoms with Crippen molar-refractivity contribution in [1.29, 1.82) is 0 Å². The van der Waals surface area contributed by atoms with E-state index in [-0.39, 0.29) is 5.91 Å². The van der Waals surface area contributed by atoms with Crippen LogP contribution in [0.25, 0.3) is 11.0 Å². The second-order valence-corrected chi connectivity index (χ2v) is 5.36. The lowest BCUT2D eigenvalue weighted by molar-refractivity contribution is 0.0954. The maximum atomic E-state index is 12.3. The van der Waals surface area contributed by atoms with Crippen LogP contribution in [0, 0.1) is 0 Å². The van der Waals surface area contributed by atoms with Gasteiger partial charge in [-0.25, -0.2) is 5.43 Å². The highest BCUT2D eigenvalue weighted by atomic mass is 16.5. The van der Waals surface area contributed by atoms with Crippen LogP contribution in [0.2, 0.25) is 0 Å². The number of furan rings is 1. The number of para-hydroxylation sites is 1. The summed E-state index contributed by atoms with van der Waals surface area (Å²) in [7, 11) is 3.06. The van der Waals surface area contributed by atoms with Gasteiger partial charge in [0, 0.05) is 10.9 Å². The molecule has 6 heteroatoms. The van der Waals surface area contributed by atoms with E-state index in [0.29, 0.717) is 28.5 Å². The Morgan fingerprint density at radius 3 is 2.52 bits per heavy atom. The van der Waals surface area contributed by atoms with E-state index in [9.17, 15) is 4.79 Å². The van der Waals surface area contributed by atoms with Crippen LogP contribution in [0.4, 0.5) is 0 Å². The van der Waals surface area contributed by atoms with Gasteiger partial charge >= 0.3 is 0 Å². The van der Waals surface area contributed by atoms with Crippen LogP contribution in [0.3, 0.4) is 0 Å². The molecule has 0 saturated heterocycles. The number of rotatable bonds is 5. The SMILES string of the molecule is COc1ccc(C(=O)NN=C(C)c2cc3ccccc3o2)cc1OC. The van der Waals surface area contributed by atoms with Gasteiger partial charge in [0.1, 0.15) is 11.3 Å². The molecule has 1 amide bonds. The van der Waals surface area contributed by atoms with Gasteiger partial charge in [0.25, 0.3) is 5.91 Å². The molecule has 25 heavy (non-hydrogen) atoms. The summed E-state index contributed by atoms with van der Waals surface area (Å²) in [6.07, 6.45) is 0. The molecule has 0 aliphatic rings. The zero-order chi connectivity index (χ0) is 17.8. The third-order valence-corrected chi connectivity index (χ3v) is 3.75. The van der Waals surface area contributed by atoms with Gasteiger partial charge in [-0.15, -0.1) is 0 Å². The number of fused-ring (bicyclic) bond motifs is 1. The number of ether oxygens (including phenoxy) is 2. The van der Waals surface area contributed by atoms with E-state index in [1.165, 1.54) is 7.11 Å². The molecule has 1 aromatic heterocycles. The van der Waals surface area contributed by atoms with Crippen LogP contribution < -0.4 is 14.9 Å². The lowest BCUT2D eigenvalue weighted by atomic mass is 10.2. The fourth-order valence-electron chi connectivity index (χ4n) is 2.39. The monoisotopic (exact) mass is 338 g/mol. The van der Waals surface area contributed by atoms with Crippen LogP contribution in [-0.2, 0) is 0 Å². The normalized spacial score (nSPS) is 11.4. The Balaban J connectivity index is 1.77. The number of carbonyl (C=O) groups is 1. The van der Waals surface area contributed by atoms with Crippen LogP contribution in [0.1, 0.15) is 23.0 Å². The fraction of sp³-hybridized carbons (Fsp3) is 0.158. The van der Waals surface area contributed by atoms with Crippen molar-refractivity contribution < 1.29 is 18.7 Å². The molecule has 0 unspecified atom stereocenters. The zero-order valence-electron chi connectivity index (χ0n) is 14.2. The van der Waals surface area contributed by atoms with Crippen molar-refractivity contribution in [2.24, 2.45) is 5.10 Å². The molecule has 0 saturated carbocycles. The molecule has 0 radical (unpaired) electrons. The largest absolute Gasteiger partial charge is 0.493 e. The van der Waals surface area contributed by atoms with Crippen LogP contribution >= 0.6 is 0 Å². The van der Waals surface area contributed by atoms with E-state index >= 15 is 0 Å². The maximum Gasteiger partial charge on any atom is 0.271 e. The quantitative estimate of drug-likeness (QED) is 0.570. The van der Waals surface area contributed by atoms with E-state index in [4.69, 9.17) is 13.9 Å². The predicted octanol–water partition coefficient (Wildman–Crippen LogP) is 3.60. The topological polar surface area (TPSA) is 73.1 Å². The molecule has 3 aromatic rings. The van der Waals surface area contributed by atoms with E-state index in [2.05, 4.69) is 10.5 Å². The Bertz CT molecular complexity index is 911. The van der Waals surface area contributed by atoms with Gasteiger partial charge < -0.3 is 13.9 Å². The molecule has 0 aliphatic heterocycles. The second kappa shape index (κ2) is 7.09. The van der Waals surface area contributed by atoms with E-state index in [0.717, 1.165) is 11.0 Å². The first-order chi connectivity index (χ1) is 12.1. The molecule has 128 valence electrons. The van der Waals surface area contributed by atoms with Gasteiger partial charge in [0.2, 0.25) is 0 Å². The predicted molar refractivity (Wildman–Crippen MR) is 95.4 cm³/mol. The number of methoxy groups -OCH3 is 2. The van der Waals surface area contributed by atoms with E-state index in [1.807, 2.05) is 30.3 Å². The van der Waals surface area contributed by atoms with Gasteiger partial charge in [-0.05, 0) is 37.3 Å². The van der Waals surface area contributed by atoms with Gasteiger partial charge in [0.15, 0.2) is 17.3 Å². The molecule has 0 aliphatic carbocycles. The summed E-state index contributed by atoms with van der Waals surface area (Å²) in [6, 6.07) is 14.5. The second-order valence-electron chi connectivity index (χ2n) is 5.36. The molecular weight excluding hydrogens is 320 g/mol. The van der Waals surface area contributed by atoms with E-state index < -0.39 is 0 Å². The summed E-state index contributed by atoms with van der Waals surface area (Å²) in [5, 5.41) is 5.10. The smallest absolute Gasteiger partial charge is 0.271 e. The van der Waals surface area contributed by atoms with Gasteiger partial charge in [-0.2, -0.15) is 5.10 Å². The zero-order valence-corrected chi connectivity index (χ0v) is 14.2. The first-order valence-electron chi connectivity index (χ1n) is 7.68. The molecule has 3 rings (SSSR count). The van der Waals surface area contributed by atoms with E-state index in [1.54, 1.807) is 32.2 Å². The number of hydrazone groups is 1. The minimum Gasteiger partial charge on any atom is -0.493 e. The fourth-order valence-corrected chi connectivity index (χ4v) is 2.39. The van der Waals surface area contributed by atoms with Crippen molar-refractivity contribution >= 4 is 22.6 Å². The number of amides is 1. The van der Waals surface area contributed by atoms with Crippen molar-refractivity contribution in [2.45, 2.75) is 6.92 Å². The molecular formula is C19H18N2O4. The third-order valence-electron chi connectivity index (χ3n) is 3.75. The molecule has 0 spiro atoms. The third kappa shape index (κ3) is 3.47. The number of hydrogen-bond acceptors (Lipinski definition) is 5. The summed E-state index contributed by atoms with van der Waals surface area (Å²) in [5.41, 5.74) is 4.29. The standard InChI is InChI=1S/C19H18N2O4/c1-12(17-10-13-6-4-5-7-15(13)25-17)20-21-19(22)14-8-9-16(23-2)18(11-14)24-3/h4-11H,1-3H3,(H,21,22). The number of hydrogen-bond donors (Lipinski definition) is 1. The van der Waals surface area contributed by atoms with Crippen molar-refractivity contribution in [3.8, 4) is 11.5 Å². The highest BCUT2D eigenvalue weighted by Crippen LogP contribution is 2.27. The van der Waals surface area contributed by atoms with Gasteiger partial charge in [-0.1, -0.05) is 18.2 Å².